The van der Waals surface area contributed by atoms with E-state index in [2.05, 4.69) is 5.32 Å². The van der Waals surface area contributed by atoms with Gasteiger partial charge < -0.3 is 10.2 Å². The number of nitrogens with one attached hydrogen (secondary N) is 1. The number of anilines is 1. The summed E-state index contributed by atoms with van der Waals surface area (Å²) >= 11 is 0. The lowest BCUT2D eigenvalue weighted by molar-refractivity contribution is 0.0735. The summed E-state index contributed by atoms with van der Waals surface area (Å²) in [5.74, 6) is -0.492. The van der Waals surface area contributed by atoms with Crippen LogP contribution in [0.4, 0.5) is 10.1 Å². The lowest BCUT2D eigenvalue weighted by atomic mass is 10.1. The third kappa shape index (κ3) is 2.33. The first kappa shape index (κ1) is 12.9. The van der Waals surface area contributed by atoms with Gasteiger partial charge in [-0.2, -0.15) is 0 Å². The number of nitrogens with zero attached hydrogens (tertiary/aromatic N) is 1. The Morgan fingerprint density at radius 3 is 2.67 bits per heavy atom. The van der Waals surface area contributed by atoms with Gasteiger partial charge >= 0.3 is 0 Å². The zero-order valence-corrected chi connectivity index (χ0v) is 10.9. The third-order valence-electron chi connectivity index (χ3n) is 3.69. The number of hydrogen-bond donors (Lipinski definition) is 1. The smallest absolute Gasteiger partial charge is 0.256 e. The quantitative estimate of drug-likeness (QED) is 0.894. The lowest BCUT2D eigenvalue weighted by Crippen LogP contribution is -2.35. The predicted octanol–water partition coefficient (Wildman–Crippen LogP) is 2.88. The van der Waals surface area contributed by atoms with Crippen LogP contribution in [0.2, 0.25) is 0 Å². The van der Waals surface area contributed by atoms with Crippen LogP contribution in [-0.2, 0) is 0 Å². The molecular formula is C14H19FN2O. The van der Waals surface area contributed by atoms with Gasteiger partial charge in [-0.15, -0.1) is 0 Å². The molecule has 0 heterocycles. The van der Waals surface area contributed by atoms with E-state index < -0.39 is 0 Å². The number of hydrogen-bond acceptors (Lipinski definition) is 2. The summed E-state index contributed by atoms with van der Waals surface area (Å²) in [6.45, 7) is 0. The van der Waals surface area contributed by atoms with Crippen molar-refractivity contribution in [3.63, 3.8) is 0 Å². The maximum atomic E-state index is 13.6. The average Bonchev–Trinajstić information content (AvgIpc) is 2.90. The van der Waals surface area contributed by atoms with Crippen LogP contribution in [0.5, 0.6) is 0 Å². The molecule has 0 aliphatic heterocycles. The van der Waals surface area contributed by atoms with Gasteiger partial charge in [-0.1, -0.05) is 18.9 Å². The SMILES string of the molecule is CNc1c(F)cccc1C(=O)N(C)C1CCCC1. The van der Waals surface area contributed by atoms with Crippen LogP contribution in [0.3, 0.4) is 0 Å². The summed E-state index contributed by atoms with van der Waals surface area (Å²) < 4.78 is 13.6. The molecule has 0 unspecified atom stereocenters. The molecule has 0 spiro atoms. The van der Waals surface area contributed by atoms with Crippen molar-refractivity contribution in [3.05, 3.63) is 29.6 Å². The van der Waals surface area contributed by atoms with E-state index in [9.17, 15) is 9.18 Å². The zero-order chi connectivity index (χ0) is 13.1. The minimum Gasteiger partial charge on any atom is -0.385 e. The number of benzene rings is 1. The topological polar surface area (TPSA) is 32.3 Å². The molecule has 0 saturated heterocycles. The Balaban J connectivity index is 2.25. The Morgan fingerprint density at radius 1 is 1.39 bits per heavy atom. The minimum atomic E-state index is -0.386. The Morgan fingerprint density at radius 2 is 2.06 bits per heavy atom. The second kappa shape index (κ2) is 5.38. The average molecular weight is 250 g/mol. The molecule has 0 bridgehead atoms. The largest absolute Gasteiger partial charge is 0.385 e. The number of para-hydroxylation sites is 1. The monoisotopic (exact) mass is 250 g/mol. The summed E-state index contributed by atoms with van der Waals surface area (Å²) in [6, 6.07) is 4.90. The Hall–Kier alpha value is -1.58. The molecule has 1 fully saturated rings. The van der Waals surface area contributed by atoms with Gasteiger partial charge in [0.05, 0.1) is 11.3 Å². The van der Waals surface area contributed by atoms with Crippen molar-refractivity contribution in [2.24, 2.45) is 0 Å². The first-order valence-electron chi connectivity index (χ1n) is 6.38. The fourth-order valence-electron chi connectivity index (χ4n) is 2.60. The number of carbonyl (C=O) groups is 1. The van der Waals surface area contributed by atoms with Gasteiger partial charge in [0.25, 0.3) is 5.91 Å². The molecule has 18 heavy (non-hydrogen) atoms. The van der Waals surface area contributed by atoms with Crippen LogP contribution in [0.1, 0.15) is 36.0 Å². The summed E-state index contributed by atoms with van der Waals surface area (Å²) in [5.41, 5.74) is 0.694. The number of amides is 1. The van der Waals surface area contributed by atoms with Gasteiger partial charge in [-0.25, -0.2) is 4.39 Å². The van der Waals surface area contributed by atoms with Crippen molar-refractivity contribution >= 4 is 11.6 Å². The molecule has 98 valence electrons. The van der Waals surface area contributed by atoms with Gasteiger partial charge in [0, 0.05) is 20.1 Å². The Bertz CT molecular complexity index is 441. The molecule has 2 rings (SSSR count). The van der Waals surface area contributed by atoms with E-state index in [-0.39, 0.29) is 17.4 Å². The number of halogens is 1. The van der Waals surface area contributed by atoms with Gasteiger partial charge in [-0.3, -0.25) is 4.79 Å². The molecule has 0 radical (unpaired) electrons. The molecule has 1 amide bonds. The first-order chi connectivity index (χ1) is 8.65. The van der Waals surface area contributed by atoms with Crippen LogP contribution in [0.15, 0.2) is 18.2 Å². The van der Waals surface area contributed by atoms with E-state index in [0.717, 1.165) is 12.8 Å². The van der Waals surface area contributed by atoms with Crippen molar-refractivity contribution in [2.45, 2.75) is 31.7 Å². The molecule has 1 N–H and O–H groups in total. The maximum Gasteiger partial charge on any atom is 0.256 e. The molecule has 1 aliphatic carbocycles. The Kier molecular flexibility index (Phi) is 3.84. The van der Waals surface area contributed by atoms with Crippen molar-refractivity contribution < 1.29 is 9.18 Å². The highest BCUT2D eigenvalue weighted by Gasteiger charge is 2.26. The third-order valence-corrected chi connectivity index (χ3v) is 3.69. The summed E-state index contributed by atoms with van der Waals surface area (Å²) in [5, 5.41) is 2.77. The van der Waals surface area contributed by atoms with Crippen LogP contribution in [-0.4, -0.2) is 30.9 Å². The van der Waals surface area contributed by atoms with Crippen molar-refractivity contribution in [3.8, 4) is 0 Å². The predicted molar refractivity (Wildman–Crippen MR) is 70.3 cm³/mol. The zero-order valence-electron chi connectivity index (χ0n) is 10.9. The highest BCUT2D eigenvalue weighted by atomic mass is 19.1. The molecular weight excluding hydrogens is 231 g/mol. The van der Waals surface area contributed by atoms with Crippen LogP contribution < -0.4 is 5.32 Å². The number of carbonyl (C=O) groups excluding carboxylic acids is 1. The van der Waals surface area contributed by atoms with E-state index in [1.807, 2.05) is 7.05 Å². The van der Waals surface area contributed by atoms with Gasteiger partial charge in [0.2, 0.25) is 0 Å². The molecule has 1 aromatic rings. The molecule has 1 aliphatic rings. The standard InChI is InChI=1S/C14H19FN2O/c1-16-13-11(8-5-9-12(13)15)14(18)17(2)10-6-3-4-7-10/h5,8-10,16H,3-4,6-7H2,1-2H3. The van der Waals surface area contributed by atoms with Crippen molar-refractivity contribution in [1.82, 2.24) is 4.90 Å². The number of rotatable bonds is 3. The maximum absolute atomic E-state index is 13.6. The van der Waals surface area contributed by atoms with Gasteiger partial charge in [0.15, 0.2) is 0 Å². The minimum absolute atomic E-state index is 0.106. The second-order valence-corrected chi connectivity index (χ2v) is 4.77. The van der Waals surface area contributed by atoms with E-state index in [1.165, 1.54) is 18.9 Å². The summed E-state index contributed by atoms with van der Waals surface area (Å²) in [6.07, 6.45) is 4.44. The molecule has 4 heteroatoms. The fraction of sp³-hybridized carbons (Fsp3) is 0.500. The highest BCUT2D eigenvalue weighted by Crippen LogP contribution is 2.26. The summed E-state index contributed by atoms with van der Waals surface area (Å²) in [4.78, 5) is 14.1. The van der Waals surface area contributed by atoms with Gasteiger partial charge in [-0.05, 0) is 25.0 Å². The van der Waals surface area contributed by atoms with Crippen LogP contribution in [0, 0.1) is 5.82 Å². The second-order valence-electron chi connectivity index (χ2n) is 4.77. The lowest BCUT2D eigenvalue weighted by Gasteiger charge is -2.25. The first-order valence-corrected chi connectivity index (χ1v) is 6.38. The van der Waals surface area contributed by atoms with Gasteiger partial charge in [0.1, 0.15) is 5.82 Å². The normalized spacial score (nSPS) is 15.7. The molecule has 1 aromatic carbocycles. The van der Waals surface area contributed by atoms with Crippen LogP contribution in [0.25, 0.3) is 0 Å². The van der Waals surface area contributed by atoms with E-state index in [0.29, 0.717) is 11.6 Å². The van der Waals surface area contributed by atoms with Crippen LogP contribution >= 0.6 is 0 Å². The molecule has 0 atom stereocenters. The van der Waals surface area contributed by atoms with E-state index in [1.54, 1.807) is 24.1 Å². The van der Waals surface area contributed by atoms with Crippen molar-refractivity contribution in [1.29, 1.82) is 0 Å². The molecule has 1 saturated carbocycles. The fourth-order valence-corrected chi connectivity index (χ4v) is 2.60. The molecule has 0 aromatic heterocycles. The highest BCUT2D eigenvalue weighted by molar-refractivity contribution is 5.99. The van der Waals surface area contributed by atoms with Crippen molar-refractivity contribution in [2.75, 3.05) is 19.4 Å². The van der Waals surface area contributed by atoms with E-state index >= 15 is 0 Å². The summed E-state index contributed by atoms with van der Waals surface area (Å²) in [7, 11) is 3.44. The molecule has 3 nitrogen and oxygen atoms in total. The Labute approximate surface area is 107 Å². The van der Waals surface area contributed by atoms with E-state index in [4.69, 9.17) is 0 Å².